The van der Waals surface area contributed by atoms with Crippen LogP contribution in [0.5, 0.6) is 0 Å². The summed E-state index contributed by atoms with van der Waals surface area (Å²) in [6, 6.07) is 5.17. The van der Waals surface area contributed by atoms with Crippen LogP contribution in [0.4, 0.5) is 0 Å². The monoisotopic (exact) mass is 330 g/mol. The Balaban J connectivity index is 2.40. The molecule has 0 amide bonds. The van der Waals surface area contributed by atoms with E-state index in [0.717, 1.165) is 37.7 Å². The van der Waals surface area contributed by atoms with Crippen molar-refractivity contribution in [3.63, 3.8) is 0 Å². The highest BCUT2D eigenvalue weighted by molar-refractivity contribution is 7.89. The molecule has 1 atom stereocenters. The van der Waals surface area contributed by atoms with Gasteiger partial charge < -0.3 is 5.73 Å². The molecule has 1 heterocycles. The van der Waals surface area contributed by atoms with E-state index < -0.39 is 10.0 Å². The molecule has 0 aromatic heterocycles. The Kier molecular flexibility index (Phi) is 5.66. The van der Waals surface area contributed by atoms with E-state index in [2.05, 4.69) is 6.92 Å². The van der Waals surface area contributed by atoms with Crippen molar-refractivity contribution in [3.05, 3.63) is 28.8 Å². The second-order valence-corrected chi connectivity index (χ2v) is 7.78. The van der Waals surface area contributed by atoms with Gasteiger partial charge in [0.2, 0.25) is 10.0 Å². The number of hydrogen-bond acceptors (Lipinski definition) is 3. The average Bonchev–Trinajstić information content (AvgIpc) is 2.49. The van der Waals surface area contributed by atoms with Crippen LogP contribution in [0.1, 0.15) is 38.2 Å². The fourth-order valence-electron chi connectivity index (χ4n) is 2.84. The van der Waals surface area contributed by atoms with E-state index >= 15 is 0 Å². The van der Waals surface area contributed by atoms with Crippen molar-refractivity contribution < 1.29 is 8.42 Å². The highest BCUT2D eigenvalue weighted by Gasteiger charge is 2.34. The lowest BCUT2D eigenvalue weighted by molar-refractivity contribution is 0.257. The average molecular weight is 331 g/mol. The zero-order chi connectivity index (χ0) is 15.5. The third kappa shape index (κ3) is 3.59. The van der Waals surface area contributed by atoms with Crippen LogP contribution in [0.3, 0.4) is 0 Å². The van der Waals surface area contributed by atoms with Crippen molar-refractivity contribution in [1.82, 2.24) is 4.31 Å². The molecule has 1 saturated heterocycles. The van der Waals surface area contributed by atoms with E-state index in [1.165, 1.54) is 4.31 Å². The topological polar surface area (TPSA) is 63.4 Å². The van der Waals surface area contributed by atoms with Gasteiger partial charge in [-0.3, -0.25) is 0 Å². The van der Waals surface area contributed by atoms with E-state index in [1.807, 2.05) is 6.07 Å². The molecule has 6 heteroatoms. The Morgan fingerprint density at radius 3 is 2.81 bits per heavy atom. The minimum absolute atomic E-state index is 0.116. The summed E-state index contributed by atoms with van der Waals surface area (Å²) in [5, 5.41) is 0.288. The van der Waals surface area contributed by atoms with Crippen molar-refractivity contribution in [3.8, 4) is 0 Å². The van der Waals surface area contributed by atoms with Crippen LogP contribution < -0.4 is 5.73 Å². The number of nitrogens with two attached hydrogens (primary N) is 1. The number of piperidine rings is 1. The molecule has 0 aliphatic carbocycles. The number of aryl methyl sites for hydroxylation is 1. The largest absolute Gasteiger partial charge is 0.329 e. The minimum atomic E-state index is -3.57. The molecule has 4 nitrogen and oxygen atoms in total. The second-order valence-electron chi connectivity index (χ2n) is 5.52. The third-order valence-electron chi connectivity index (χ3n) is 3.97. The van der Waals surface area contributed by atoms with Gasteiger partial charge in [0, 0.05) is 19.1 Å². The van der Waals surface area contributed by atoms with Crippen LogP contribution in [0.15, 0.2) is 23.1 Å². The summed E-state index contributed by atoms with van der Waals surface area (Å²) >= 11 is 6.15. The van der Waals surface area contributed by atoms with Gasteiger partial charge in [-0.05, 0) is 37.0 Å². The number of hydrogen-bond donors (Lipinski definition) is 1. The van der Waals surface area contributed by atoms with Gasteiger partial charge >= 0.3 is 0 Å². The zero-order valence-corrected chi connectivity index (χ0v) is 14.0. The van der Waals surface area contributed by atoms with Crippen molar-refractivity contribution in [1.29, 1.82) is 0 Å². The molecule has 118 valence electrons. The lowest BCUT2D eigenvalue weighted by atomic mass is 10.1. The molecule has 1 unspecified atom stereocenters. The Hall–Kier alpha value is -0.620. The van der Waals surface area contributed by atoms with Crippen molar-refractivity contribution >= 4 is 21.6 Å². The van der Waals surface area contributed by atoms with Crippen molar-refractivity contribution in [2.75, 3.05) is 13.1 Å². The highest BCUT2D eigenvalue weighted by atomic mass is 35.5. The number of halogens is 1. The summed E-state index contributed by atoms with van der Waals surface area (Å²) in [7, 11) is -3.57. The maximum atomic E-state index is 12.9. The first kappa shape index (κ1) is 16.7. The number of rotatable bonds is 5. The number of nitrogens with zero attached hydrogens (tertiary/aromatic N) is 1. The van der Waals surface area contributed by atoms with Crippen LogP contribution in [0.25, 0.3) is 0 Å². The summed E-state index contributed by atoms with van der Waals surface area (Å²) in [5.74, 6) is 0. The van der Waals surface area contributed by atoms with Gasteiger partial charge in [-0.1, -0.05) is 37.4 Å². The molecule has 2 N–H and O–H groups in total. The molecule has 2 rings (SSSR count). The van der Waals surface area contributed by atoms with Gasteiger partial charge in [-0.15, -0.1) is 0 Å². The Morgan fingerprint density at radius 2 is 2.14 bits per heavy atom. The van der Waals surface area contributed by atoms with Gasteiger partial charge in [0.25, 0.3) is 0 Å². The molecule has 0 spiro atoms. The lowest BCUT2D eigenvalue weighted by Crippen LogP contribution is -2.47. The Bertz CT molecular complexity index is 589. The van der Waals surface area contributed by atoms with Crippen molar-refractivity contribution in [2.45, 2.75) is 50.0 Å². The quantitative estimate of drug-likeness (QED) is 0.903. The SMILES string of the molecule is CCCc1ccc(Cl)c(S(=O)(=O)N2CCCCC2CN)c1. The molecular formula is C15H23ClN2O2S. The number of sulfonamides is 1. The molecule has 1 aliphatic heterocycles. The maximum absolute atomic E-state index is 12.9. The van der Waals surface area contributed by atoms with E-state index in [0.29, 0.717) is 13.1 Å². The Labute approximate surface area is 132 Å². The third-order valence-corrected chi connectivity index (χ3v) is 6.40. The maximum Gasteiger partial charge on any atom is 0.244 e. The smallest absolute Gasteiger partial charge is 0.244 e. The summed E-state index contributed by atoms with van der Waals surface area (Å²) in [4.78, 5) is 0.218. The molecule has 21 heavy (non-hydrogen) atoms. The minimum Gasteiger partial charge on any atom is -0.329 e. The van der Waals surface area contributed by atoms with Gasteiger partial charge in [0.05, 0.1) is 5.02 Å². The summed E-state index contributed by atoms with van der Waals surface area (Å²) < 4.78 is 27.4. The fraction of sp³-hybridized carbons (Fsp3) is 0.600. The fourth-order valence-corrected chi connectivity index (χ4v) is 5.07. The van der Waals surface area contributed by atoms with Gasteiger partial charge in [-0.25, -0.2) is 8.42 Å². The second kappa shape index (κ2) is 7.09. The van der Waals surface area contributed by atoms with Crippen LogP contribution in [-0.2, 0) is 16.4 Å². The van der Waals surface area contributed by atoms with Crippen LogP contribution >= 0.6 is 11.6 Å². The highest BCUT2D eigenvalue weighted by Crippen LogP contribution is 2.30. The van der Waals surface area contributed by atoms with Crippen molar-refractivity contribution in [2.24, 2.45) is 5.73 Å². The molecule has 0 bridgehead atoms. The Morgan fingerprint density at radius 1 is 1.38 bits per heavy atom. The molecular weight excluding hydrogens is 308 g/mol. The van der Waals surface area contributed by atoms with Gasteiger partial charge in [0.15, 0.2) is 0 Å². The van der Waals surface area contributed by atoms with Crippen LogP contribution in [0, 0.1) is 0 Å². The van der Waals surface area contributed by atoms with Crippen LogP contribution in [0.2, 0.25) is 5.02 Å². The first-order valence-electron chi connectivity index (χ1n) is 7.51. The van der Waals surface area contributed by atoms with Crippen LogP contribution in [-0.4, -0.2) is 31.9 Å². The van der Waals surface area contributed by atoms with E-state index in [1.54, 1.807) is 12.1 Å². The first-order valence-corrected chi connectivity index (χ1v) is 9.32. The molecule has 1 aliphatic rings. The summed E-state index contributed by atoms with van der Waals surface area (Å²) in [6.45, 7) is 2.95. The summed E-state index contributed by atoms with van der Waals surface area (Å²) in [6.07, 6.45) is 4.54. The molecule has 1 fully saturated rings. The predicted octanol–water partition coefficient (Wildman–Crippen LogP) is 2.79. The zero-order valence-electron chi connectivity index (χ0n) is 12.4. The normalized spacial score (nSPS) is 20.6. The van der Waals surface area contributed by atoms with Gasteiger partial charge in [0.1, 0.15) is 4.90 Å². The predicted molar refractivity (Wildman–Crippen MR) is 86.0 cm³/mol. The van der Waals surface area contributed by atoms with E-state index in [4.69, 9.17) is 17.3 Å². The first-order chi connectivity index (χ1) is 10.0. The molecule has 0 saturated carbocycles. The van der Waals surface area contributed by atoms with Gasteiger partial charge in [-0.2, -0.15) is 4.31 Å². The summed E-state index contributed by atoms with van der Waals surface area (Å²) in [5.41, 5.74) is 6.75. The molecule has 0 radical (unpaired) electrons. The van der Waals surface area contributed by atoms with E-state index in [9.17, 15) is 8.42 Å². The molecule has 1 aromatic carbocycles. The van der Waals surface area contributed by atoms with E-state index in [-0.39, 0.29) is 16.0 Å². The number of benzene rings is 1. The standard InChI is InChI=1S/C15H23ClN2O2S/c1-2-5-12-7-8-14(16)15(10-12)21(19,20)18-9-4-3-6-13(18)11-17/h7-8,10,13H,2-6,9,11,17H2,1H3. The lowest BCUT2D eigenvalue weighted by Gasteiger charge is -2.34. The molecule has 1 aromatic rings.